The molecule has 0 saturated carbocycles. The van der Waals surface area contributed by atoms with Gasteiger partial charge in [-0.2, -0.15) is 5.10 Å². The molecule has 0 radical (unpaired) electrons. The first-order chi connectivity index (χ1) is 14.1. The molecule has 1 fully saturated rings. The molecule has 8 nitrogen and oxygen atoms in total. The molecule has 1 amide bonds. The van der Waals surface area contributed by atoms with Crippen LogP contribution in [-0.4, -0.2) is 44.1 Å². The maximum Gasteiger partial charge on any atom is 0.331 e. The van der Waals surface area contributed by atoms with Gasteiger partial charge in [-0.3, -0.25) is 10.1 Å². The second-order valence-corrected chi connectivity index (χ2v) is 7.09. The van der Waals surface area contributed by atoms with Gasteiger partial charge < -0.3 is 14.2 Å². The van der Waals surface area contributed by atoms with Gasteiger partial charge in [-0.15, -0.1) is 5.10 Å². The molecular formula is C20H25N3O5S. The first-order valence-corrected chi connectivity index (χ1v) is 10.1. The van der Waals surface area contributed by atoms with E-state index in [1.54, 1.807) is 13.2 Å². The molecule has 0 unspecified atom stereocenters. The molecule has 1 heterocycles. The number of amides is 1. The number of nitrogens with zero attached hydrogens (tertiary/aromatic N) is 2. The van der Waals surface area contributed by atoms with Crippen LogP contribution in [0.5, 0.6) is 11.5 Å². The van der Waals surface area contributed by atoms with E-state index in [1.165, 1.54) is 26.2 Å². The maximum atomic E-state index is 11.8. The van der Waals surface area contributed by atoms with E-state index in [-0.39, 0.29) is 10.1 Å². The summed E-state index contributed by atoms with van der Waals surface area (Å²) >= 11 is 1.01. The second-order valence-electron chi connectivity index (χ2n) is 6.06. The Morgan fingerprint density at radius 3 is 2.76 bits per heavy atom. The topological polar surface area (TPSA) is 98.6 Å². The van der Waals surface area contributed by atoms with E-state index in [4.69, 9.17) is 9.47 Å². The minimum absolute atomic E-state index is 0.202. The summed E-state index contributed by atoms with van der Waals surface area (Å²) in [5.41, 5.74) is 0.768. The van der Waals surface area contributed by atoms with Crippen molar-refractivity contribution in [2.75, 3.05) is 20.8 Å². The predicted octanol–water partition coefficient (Wildman–Crippen LogP) is 3.26. The highest BCUT2D eigenvalue weighted by Crippen LogP contribution is 2.28. The zero-order chi connectivity index (χ0) is 21.1. The van der Waals surface area contributed by atoms with Gasteiger partial charge in [-0.05, 0) is 41.9 Å². The van der Waals surface area contributed by atoms with Gasteiger partial charge in [0, 0.05) is 6.08 Å². The van der Waals surface area contributed by atoms with Gasteiger partial charge in [-0.1, -0.05) is 26.2 Å². The number of benzene rings is 1. The molecule has 0 aliphatic carbocycles. The Hall–Kier alpha value is -2.81. The number of rotatable bonds is 10. The molecule has 1 N–H and O–H groups in total. The number of esters is 1. The molecule has 1 aliphatic heterocycles. The molecular weight excluding hydrogens is 394 g/mol. The summed E-state index contributed by atoms with van der Waals surface area (Å²) in [5.74, 6) is 0.274. The van der Waals surface area contributed by atoms with Crippen LogP contribution >= 0.6 is 11.8 Å². The summed E-state index contributed by atoms with van der Waals surface area (Å²) in [4.78, 5) is 23.2. The average molecular weight is 420 g/mol. The van der Waals surface area contributed by atoms with Crippen LogP contribution in [0.2, 0.25) is 0 Å². The fourth-order valence-electron chi connectivity index (χ4n) is 2.38. The van der Waals surface area contributed by atoms with Crippen molar-refractivity contribution in [3.8, 4) is 11.5 Å². The highest BCUT2D eigenvalue weighted by atomic mass is 32.2. The SMILES string of the molecule is CCCCCCOc1ccc(C=N/N=C2/NC(=O)/C(=C\C(=O)OC)S2)cc1OC. The standard InChI is InChI=1S/C20H25N3O5S/c1-4-5-6-7-10-28-15-9-8-14(11-16(15)26-2)13-21-23-20-22-19(25)17(29-20)12-18(24)27-3/h8-9,11-13H,4-7,10H2,1-3H3,(H,22,23,25)/b17-12+,21-13?. The predicted molar refractivity (Wildman–Crippen MR) is 113 cm³/mol. The number of thioether (sulfide) groups is 1. The summed E-state index contributed by atoms with van der Waals surface area (Å²) < 4.78 is 15.7. The zero-order valence-electron chi connectivity index (χ0n) is 16.8. The lowest BCUT2D eigenvalue weighted by Gasteiger charge is -2.11. The summed E-state index contributed by atoms with van der Waals surface area (Å²) in [6, 6.07) is 5.47. The fraction of sp³-hybridized carbons (Fsp3) is 0.400. The Kier molecular flexibility index (Phi) is 9.23. The number of unbranched alkanes of at least 4 members (excludes halogenated alkanes) is 3. The highest BCUT2D eigenvalue weighted by molar-refractivity contribution is 8.18. The second kappa shape index (κ2) is 11.9. The van der Waals surface area contributed by atoms with Gasteiger partial charge in [-0.25, -0.2) is 4.79 Å². The first kappa shape index (κ1) is 22.5. The monoisotopic (exact) mass is 419 g/mol. The van der Waals surface area contributed by atoms with Crippen LogP contribution < -0.4 is 14.8 Å². The van der Waals surface area contributed by atoms with Crippen LogP contribution in [0.3, 0.4) is 0 Å². The number of methoxy groups -OCH3 is 2. The maximum absolute atomic E-state index is 11.8. The van der Waals surface area contributed by atoms with Crippen molar-refractivity contribution in [1.29, 1.82) is 0 Å². The van der Waals surface area contributed by atoms with E-state index in [0.29, 0.717) is 18.1 Å². The average Bonchev–Trinajstić information content (AvgIpc) is 3.07. The molecule has 1 saturated heterocycles. The third kappa shape index (κ3) is 7.26. The molecule has 1 aliphatic rings. The van der Waals surface area contributed by atoms with Gasteiger partial charge in [0.15, 0.2) is 16.7 Å². The van der Waals surface area contributed by atoms with E-state index >= 15 is 0 Å². The summed E-state index contributed by atoms with van der Waals surface area (Å²) in [7, 11) is 2.83. The van der Waals surface area contributed by atoms with Gasteiger partial charge in [0.2, 0.25) is 0 Å². The Balaban J connectivity index is 1.96. The van der Waals surface area contributed by atoms with Crippen molar-refractivity contribution in [1.82, 2.24) is 5.32 Å². The highest BCUT2D eigenvalue weighted by Gasteiger charge is 2.24. The molecule has 156 valence electrons. The third-order valence-electron chi connectivity index (χ3n) is 3.90. The molecule has 9 heteroatoms. The summed E-state index contributed by atoms with van der Waals surface area (Å²) in [6.45, 7) is 2.82. The lowest BCUT2D eigenvalue weighted by Crippen LogP contribution is -2.19. The van der Waals surface area contributed by atoms with Crippen LogP contribution in [-0.2, 0) is 14.3 Å². The van der Waals surface area contributed by atoms with Crippen molar-refractivity contribution >= 4 is 35.0 Å². The molecule has 0 bridgehead atoms. The molecule has 29 heavy (non-hydrogen) atoms. The van der Waals surface area contributed by atoms with Crippen molar-refractivity contribution < 1.29 is 23.8 Å². The molecule has 1 aromatic carbocycles. The lowest BCUT2D eigenvalue weighted by molar-refractivity contribution is -0.135. The Morgan fingerprint density at radius 1 is 1.21 bits per heavy atom. The largest absolute Gasteiger partial charge is 0.493 e. The molecule has 1 aromatic rings. The molecule has 2 rings (SSSR count). The Labute approximate surface area is 174 Å². The summed E-state index contributed by atoms with van der Waals surface area (Å²) in [5, 5.41) is 10.7. The van der Waals surface area contributed by atoms with E-state index in [1.807, 2.05) is 12.1 Å². The minimum atomic E-state index is -0.604. The minimum Gasteiger partial charge on any atom is -0.493 e. The normalized spacial score (nSPS) is 16.4. The van der Waals surface area contributed by atoms with Crippen LogP contribution in [0.4, 0.5) is 0 Å². The van der Waals surface area contributed by atoms with Gasteiger partial charge in [0.05, 0.1) is 31.9 Å². The van der Waals surface area contributed by atoms with Crippen LogP contribution in [0, 0.1) is 0 Å². The Bertz CT molecular complexity index is 820. The van der Waals surface area contributed by atoms with E-state index in [0.717, 1.165) is 36.2 Å². The smallest absolute Gasteiger partial charge is 0.331 e. The molecule has 0 aromatic heterocycles. The van der Waals surface area contributed by atoms with E-state index in [2.05, 4.69) is 27.2 Å². The first-order valence-electron chi connectivity index (χ1n) is 9.28. The molecule has 0 spiro atoms. The van der Waals surface area contributed by atoms with E-state index in [9.17, 15) is 9.59 Å². The van der Waals surface area contributed by atoms with Crippen LogP contribution in [0.25, 0.3) is 0 Å². The van der Waals surface area contributed by atoms with Crippen molar-refractivity contribution in [3.63, 3.8) is 0 Å². The number of ether oxygens (including phenoxy) is 3. The summed E-state index contributed by atoms with van der Waals surface area (Å²) in [6.07, 6.45) is 7.19. The molecule has 0 atom stereocenters. The van der Waals surface area contributed by atoms with Crippen molar-refractivity contribution in [3.05, 3.63) is 34.7 Å². The van der Waals surface area contributed by atoms with Crippen LogP contribution in [0.15, 0.2) is 39.4 Å². The number of hydrogen-bond donors (Lipinski definition) is 1. The van der Waals surface area contributed by atoms with Gasteiger partial charge in [0.1, 0.15) is 0 Å². The third-order valence-corrected chi connectivity index (χ3v) is 4.80. The number of carbonyl (C=O) groups excluding carboxylic acids is 2. The lowest BCUT2D eigenvalue weighted by atomic mass is 10.2. The zero-order valence-corrected chi connectivity index (χ0v) is 17.6. The number of carbonyl (C=O) groups is 2. The van der Waals surface area contributed by atoms with Gasteiger partial charge in [0.25, 0.3) is 5.91 Å². The van der Waals surface area contributed by atoms with E-state index < -0.39 is 11.9 Å². The number of hydrogen-bond acceptors (Lipinski definition) is 8. The number of nitrogens with one attached hydrogen (secondary N) is 1. The number of amidine groups is 1. The Morgan fingerprint density at radius 2 is 2.03 bits per heavy atom. The quantitative estimate of drug-likeness (QED) is 0.205. The van der Waals surface area contributed by atoms with Crippen molar-refractivity contribution in [2.24, 2.45) is 10.2 Å². The van der Waals surface area contributed by atoms with Crippen LogP contribution in [0.1, 0.15) is 38.2 Å². The van der Waals surface area contributed by atoms with Gasteiger partial charge >= 0.3 is 5.97 Å². The van der Waals surface area contributed by atoms with Crippen molar-refractivity contribution in [2.45, 2.75) is 32.6 Å². The fourth-order valence-corrected chi connectivity index (χ4v) is 3.12.